The zero-order valence-corrected chi connectivity index (χ0v) is 12.2. The highest BCUT2D eigenvalue weighted by Crippen LogP contribution is 2.29. The van der Waals surface area contributed by atoms with E-state index < -0.39 is 12.1 Å². The van der Waals surface area contributed by atoms with Crippen molar-refractivity contribution in [2.24, 2.45) is 0 Å². The van der Waals surface area contributed by atoms with Gasteiger partial charge in [0.25, 0.3) is 0 Å². The van der Waals surface area contributed by atoms with Crippen LogP contribution in [0.3, 0.4) is 0 Å². The third-order valence-corrected chi connectivity index (χ3v) is 3.48. The van der Waals surface area contributed by atoms with E-state index in [0.29, 0.717) is 42.2 Å². The van der Waals surface area contributed by atoms with Gasteiger partial charge < -0.3 is 14.6 Å². The zero-order chi connectivity index (χ0) is 16.2. The first-order valence-corrected chi connectivity index (χ1v) is 7.20. The Kier molecular flexibility index (Phi) is 4.14. The van der Waals surface area contributed by atoms with Crippen LogP contribution in [0.1, 0.15) is 22.3 Å². The molecule has 0 unspecified atom stereocenters. The van der Waals surface area contributed by atoms with Crippen LogP contribution in [0.15, 0.2) is 42.5 Å². The summed E-state index contributed by atoms with van der Waals surface area (Å²) in [7, 11) is 0. The Morgan fingerprint density at radius 1 is 1.13 bits per heavy atom. The SMILES string of the molecule is O=C(O)Nc1ccc2c(c1)CCCOc1ccccc1OC2=O. The zero-order valence-electron chi connectivity index (χ0n) is 12.2. The maximum Gasteiger partial charge on any atom is 0.409 e. The standard InChI is InChI=1S/C17H15NO5/c19-16-13-8-7-12(18-17(20)21)10-11(13)4-3-9-22-14-5-1-2-6-15(14)23-16/h1-2,5-8,10,18H,3-4,9H2,(H,20,21). The van der Waals surface area contributed by atoms with Gasteiger partial charge in [-0.05, 0) is 48.7 Å². The van der Waals surface area contributed by atoms with Crippen LogP contribution in [0, 0.1) is 0 Å². The number of esters is 1. The first kappa shape index (κ1) is 14.9. The van der Waals surface area contributed by atoms with Gasteiger partial charge in [-0.15, -0.1) is 0 Å². The lowest BCUT2D eigenvalue weighted by atomic mass is 10.0. The highest BCUT2D eigenvalue weighted by molar-refractivity contribution is 5.94. The van der Waals surface area contributed by atoms with Crippen molar-refractivity contribution >= 4 is 17.7 Å². The minimum absolute atomic E-state index is 0.373. The molecule has 6 nitrogen and oxygen atoms in total. The second-order valence-corrected chi connectivity index (χ2v) is 5.09. The van der Waals surface area contributed by atoms with Crippen molar-refractivity contribution in [3.63, 3.8) is 0 Å². The molecule has 0 saturated heterocycles. The largest absolute Gasteiger partial charge is 0.490 e. The van der Waals surface area contributed by atoms with E-state index in [-0.39, 0.29) is 0 Å². The molecule has 0 radical (unpaired) electrons. The fraction of sp³-hybridized carbons (Fsp3) is 0.176. The molecule has 23 heavy (non-hydrogen) atoms. The molecular weight excluding hydrogens is 298 g/mol. The van der Waals surface area contributed by atoms with Crippen molar-refractivity contribution in [2.45, 2.75) is 12.8 Å². The molecule has 0 spiro atoms. The molecule has 118 valence electrons. The van der Waals surface area contributed by atoms with Gasteiger partial charge in [0.15, 0.2) is 11.5 Å². The summed E-state index contributed by atoms with van der Waals surface area (Å²) in [6.45, 7) is 0.477. The average molecular weight is 313 g/mol. The smallest absolute Gasteiger partial charge is 0.409 e. The van der Waals surface area contributed by atoms with Gasteiger partial charge in [-0.2, -0.15) is 0 Å². The molecule has 1 aliphatic heterocycles. The van der Waals surface area contributed by atoms with E-state index in [1.165, 1.54) is 0 Å². The van der Waals surface area contributed by atoms with E-state index in [4.69, 9.17) is 14.6 Å². The molecule has 2 aromatic rings. The van der Waals surface area contributed by atoms with Crippen molar-refractivity contribution < 1.29 is 24.2 Å². The van der Waals surface area contributed by atoms with Gasteiger partial charge in [0.2, 0.25) is 0 Å². The van der Waals surface area contributed by atoms with E-state index in [1.807, 2.05) is 6.07 Å². The van der Waals surface area contributed by atoms with Crippen LogP contribution in [-0.4, -0.2) is 23.8 Å². The molecule has 0 aromatic heterocycles. The topological polar surface area (TPSA) is 84.9 Å². The maximum absolute atomic E-state index is 12.4. The molecule has 3 rings (SSSR count). The second-order valence-electron chi connectivity index (χ2n) is 5.09. The van der Waals surface area contributed by atoms with Crippen LogP contribution >= 0.6 is 0 Å². The fourth-order valence-electron chi connectivity index (χ4n) is 2.45. The summed E-state index contributed by atoms with van der Waals surface area (Å²) in [6, 6.07) is 11.8. The Hall–Kier alpha value is -3.02. The lowest BCUT2D eigenvalue weighted by molar-refractivity contribution is 0.0725. The molecule has 0 aliphatic carbocycles. The van der Waals surface area contributed by atoms with Crippen LogP contribution in [-0.2, 0) is 6.42 Å². The van der Waals surface area contributed by atoms with Crippen LogP contribution in [0.5, 0.6) is 11.5 Å². The number of aryl methyl sites for hydroxylation is 1. The van der Waals surface area contributed by atoms with Crippen molar-refractivity contribution in [2.75, 3.05) is 11.9 Å². The monoisotopic (exact) mass is 313 g/mol. The Labute approximate surface area is 132 Å². The summed E-state index contributed by atoms with van der Waals surface area (Å²) in [6.07, 6.45) is 0.136. The Balaban J connectivity index is 1.95. The van der Waals surface area contributed by atoms with Gasteiger partial charge >= 0.3 is 12.1 Å². The number of rotatable bonds is 1. The quantitative estimate of drug-likeness (QED) is 0.623. The van der Waals surface area contributed by atoms with Crippen molar-refractivity contribution in [1.29, 1.82) is 0 Å². The first-order chi connectivity index (χ1) is 11.1. The highest BCUT2D eigenvalue weighted by Gasteiger charge is 2.18. The number of ether oxygens (including phenoxy) is 2. The molecule has 6 heteroatoms. The number of anilines is 1. The summed E-state index contributed by atoms with van der Waals surface area (Å²) >= 11 is 0. The summed E-state index contributed by atoms with van der Waals surface area (Å²) in [5, 5.41) is 11.1. The normalized spacial score (nSPS) is 13.8. The summed E-state index contributed by atoms with van der Waals surface area (Å²) in [5.41, 5.74) is 1.57. The number of carboxylic acid groups (broad SMARTS) is 1. The van der Waals surface area contributed by atoms with Crippen LogP contribution in [0.4, 0.5) is 10.5 Å². The number of fused-ring (bicyclic) bond motifs is 2. The number of amides is 1. The lowest BCUT2D eigenvalue weighted by Crippen LogP contribution is -2.15. The second kappa shape index (κ2) is 6.39. The minimum Gasteiger partial charge on any atom is -0.490 e. The molecule has 1 aliphatic rings. The molecule has 2 aromatic carbocycles. The van der Waals surface area contributed by atoms with E-state index in [2.05, 4.69) is 5.32 Å². The maximum atomic E-state index is 12.4. The van der Waals surface area contributed by atoms with Crippen molar-refractivity contribution in [3.05, 3.63) is 53.6 Å². The Bertz CT molecular complexity index is 756. The fourth-order valence-corrected chi connectivity index (χ4v) is 2.45. The third-order valence-electron chi connectivity index (χ3n) is 3.48. The molecular formula is C17H15NO5. The first-order valence-electron chi connectivity index (χ1n) is 7.20. The van der Waals surface area contributed by atoms with E-state index in [1.54, 1.807) is 36.4 Å². The van der Waals surface area contributed by atoms with Crippen LogP contribution in [0.25, 0.3) is 0 Å². The van der Waals surface area contributed by atoms with Crippen molar-refractivity contribution in [3.8, 4) is 11.5 Å². The molecule has 0 saturated carbocycles. The molecule has 0 fully saturated rings. The van der Waals surface area contributed by atoms with E-state index in [9.17, 15) is 9.59 Å². The summed E-state index contributed by atoms with van der Waals surface area (Å²) in [4.78, 5) is 23.1. The average Bonchev–Trinajstić information content (AvgIpc) is 2.52. The van der Waals surface area contributed by atoms with E-state index >= 15 is 0 Å². The number of carbonyl (C=O) groups excluding carboxylic acids is 1. The Morgan fingerprint density at radius 3 is 2.70 bits per heavy atom. The molecule has 0 bridgehead atoms. The molecule has 1 heterocycles. The summed E-state index contributed by atoms with van der Waals surface area (Å²) < 4.78 is 11.1. The van der Waals surface area contributed by atoms with Gasteiger partial charge in [-0.1, -0.05) is 12.1 Å². The number of hydrogen-bond donors (Lipinski definition) is 2. The number of hydrogen-bond acceptors (Lipinski definition) is 4. The number of para-hydroxylation sites is 2. The van der Waals surface area contributed by atoms with Gasteiger partial charge in [0.05, 0.1) is 12.2 Å². The lowest BCUT2D eigenvalue weighted by Gasteiger charge is -2.16. The minimum atomic E-state index is -1.15. The third kappa shape index (κ3) is 3.42. The van der Waals surface area contributed by atoms with Crippen molar-refractivity contribution in [1.82, 2.24) is 0 Å². The molecule has 1 amide bonds. The van der Waals surface area contributed by atoms with Crippen LogP contribution < -0.4 is 14.8 Å². The predicted molar refractivity (Wildman–Crippen MR) is 83.3 cm³/mol. The van der Waals surface area contributed by atoms with Gasteiger partial charge in [0, 0.05) is 5.69 Å². The van der Waals surface area contributed by atoms with Gasteiger partial charge in [0.1, 0.15) is 0 Å². The number of nitrogens with one attached hydrogen (secondary N) is 1. The molecule has 0 atom stereocenters. The van der Waals surface area contributed by atoms with E-state index in [0.717, 1.165) is 5.56 Å². The highest BCUT2D eigenvalue weighted by atomic mass is 16.6. The van der Waals surface area contributed by atoms with Gasteiger partial charge in [-0.3, -0.25) is 5.32 Å². The molecule has 2 N–H and O–H groups in total. The van der Waals surface area contributed by atoms with Crippen LogP contribution in [0.2, 0.25) is 0 Å². The number of benzene rings is 2. The number of carbonyl (C=O) groups is 2. The Morgan fingerprint density at radius 2 is 1.91 bits per heavy atom. The predicted octanol–water partition coefficient (Wildman–Crippen LogP) is 3.32. The summed E-state index contributed by atoms with van der Waals surface area (Å²) in [5.74, 6) is 0.423. The van der Waals surface area contributed by atoms with Gasteiger partial charge in [-0.25, -0.2) is 9.59 Å².